The fraction of sp³-hybridized carbons (Fsp3) is 0.222. The van der Waals surface area contributed by atoms with Crippen LogP contribution < -0.4 is 14.8 Å². The van der Waals surface area contributed by atoms with Crippen molar-refractivity contribution in [2.45, 2.75) is 12.6 Å². The Morgan fingerprint density at radius 2 is 2.00 bits per heavy atom. The summed E-state index contributed by atoms with van der Waals surface area (Å²) in [6, 6.07) is 16.6. The van der Waals surface area contributed by atoms with Crippen molar-refractivity contribution in [3.63, 3.8) is 0 Å². The Hall–Kier alpha value is -2.26. The average Bonchev–Trinajstić information content (AvgIpc) is 2.95. The van der Waals surface area contributed by atoms with E-state index in [9.17, 15) is 0 Å². The van der Waals surface area contributed by atoms with Gasteiger partial charge in [0.05, 0.1) is 6.04 Å². The molecule has 2 aromatic rings. The summed E-state index contributed by atoms with van der Waals surface area (Å²) in [7, 11) is 0. The van der Waals surface area contributed by atoms with Gasteiger partial charge in [-0.2, -0.15) is 0 Å². The van der Waals surface area contributed by atoms with Crippen molar-refractivity contribution in [1.29, 1.82) is 0 Å². The molecule has 3 nitrogen and oxygen atoms in total. The standard InChI is InChI=1S/C18H19NO2/c1-2-11-20-15-9-7-14(8-10-15)12-19-17-13-21-18-6-4-3-5-16(17)18/h2-10,17,19H,1,11-13H2. The van der Waals surface area contributed by atoms with Gasteiger partial charge in [0.2, 0.25) is 0 Å². The maximum absolute atomic E-state index is 5.67. The van der Waals surface area contributed by atoms with Crippen LogP contribution >= 0.6 is 0 Å². The van der Waals surface area contributed by atoms with E-state index in [2.05, 4.69) is 30.1 Å². The molecule has 3 rings (SSSR count). The highest BCUT2D eigenvalue weighted by atomic mass is 16.5. The van der Waals surface area contributed by atoms with E-state index >= 15 is 0 Å². The summed E-state index contributed by atoms with van der Waals surface area (Å²) in [4.78, 5) is 0. The van der Waals surface area contributed by atoms with Crippen LogP contribution in [0.25, 0.3) is 0 Å². The molecule has 0 aliphatic carbocycles. The zero-order valence-corrected chi connectivity index (χ0v) is 11.9. The molecule has 1 atom stereocenters. The largest absolute Gasteiger partial charge is 0.491 e. The van der Waals surface area contributed by atoms with Crippen molar-refractivity contribution in [2.75, 3.05) is 13.2 Å². The van der Waals surface area contributed by atoms with Crippen molar-refractivity contribution < 1.29 is 9.47 Å². The molecule has 0 radical (unpaired) electrons. The van der Waals surface area contributed by atoms with Crippen LogP contribution in [0.5, 0.6) is 11.5 Å². The monoisotopic (exact) mass is 281 g/mol. The predicted molar refractivity (Wildman–Crippen MR) is 83.7 cm³/mol. The molecule has 0 aromatic heterocycles. The Balaban J connectivity index is 1.57. The van der Waals surface area contributed by atoms with Crippen LogP contribution in [0.2, 0.25) is 0 Å². The van der Waals surface area contributed by atoms with Crippen LogP contribution in [0.15, 0.2) is 61.2 Å². The molecule has 0 fully saturated rings. The molecule has 0 saturated carbocycles. The lowest BCUT2D eigenvalue weighted by Crippen LogP contribution is -2.21. The first-order chi connectivity index (χ1) is 10.4. The molecule has 2 aromatic carbocycles. The summed E-state index contributed by atoms with van der Waals surface area (Å²) in [5.41, 5.74) is 2.47. The van der Waals surface area contributed by atoms with E-state index in [1.54, 1.807) is 6.08 Å². The van der Waals surface area contributed by atoms with Gasteiger partial charge in [-0.15, -0.1) is 0 Å². The molecule has 0 bridgehead atoms. The molecule has 21 heavy (non-hydrogen) atoms. The number of benzene rings is 2. The van der Waals surface area contributed by atoms with E-state index in [4.69, 9.17) is 9.47 Å². The lowest BCUT2D eigenvalue weighted by molar-refractivity contribution is 0.310. The molecule has 0 spiro atoms. The van der Waals surface area contributed by atoms with Crippen molar-refractivity contribution in [3.8, 4) is 11.5 Å². The van der Waals surface area contributed by atoms with E-state index in [1.807, 2.05) is 30.3 Å². The third-order valence-electron chi connectivity index (χ3n) is 3.54. The predicted octanol–water partition coefficient (Wildman–Crippen LogP) is 3.47. The minimum Gasteiger partial charge on any atom is -0.491 e. The lowest BCUT2D eigenvalue weighted by atomic mass is 10.1. The highest BCUT2D eigenvalue weighted by Crippen LogP contribution is 2.31. The molecule has 1 aliphatic rings. The second-order valence-electron chi connectivity index (χ2n) is 5.03. The summed E-state index contributed by atoms with van der Waals surface area (Å²) in [6.45, 7) is 5.68. The molecular weight excluding hydrogens is 262 g/mol. The summed E-state index contributed by atoms with van der Waals surface area (Å²) >= 11 is 0. The Bertz CT molecular complexity index is 607. The molecular formula is C18H19NO2. The average molecular weight is 281 g/mol. The number of rotatable bonds is 6. The molecule has 3 heteroatoms. The molecule has 1 unspecified atom stereocenters. The first-order valence-corrected chi connectivity index (χ1v) is 7.14. The number of nitrogens with one attached hydrogen (secondary N) is 1. The molecule has 0 amide bonds. The fourth-order valence-electron chi connectivity index (χ4n) is 2.43. The lowest BCUT2D eigenvalue weighted by Gasteiger charge is -2.12. The number of hydrogen-bond donors (Lipinski definition) is 1. The third kappa shape index (κ3) is 3.26. The Morgan fingerprint density at radius 1 is 1.19 bits per heavy atom. The zero-order chi connectivity index (χ0) is 14.5. The van der Waals surface area contributed by atoms with Gasteiger partial charge in [0.1, 0.15) is 24.7 Å². The van der Waals surface area contributed by atoms with Crippen LogP contribution in [0.3, 0.4) is 0 Å². The smallest absolute Gasteiger partial charge is 0.124 e. The van der Waals surface area contributed by atoms with Gasteiger partial charge in [-0.05, 0) is 23.8 Å². The molecule has 0 saturated heterocycles. The minimum absolute atomic E-state index is 0.262. The van der Waals surface area contributed by atoms with Crippen molar-refractivity contribution in [1.82, 2.24) is 5.32 Å². The van der Waals surface area contributed by atoms with Crippen LogP contribution in [0, 0.1) is 0 Å². The van der Waals surface area contributed by atoms with Crippen molar-refractivity contribution in [2.24, 2.45) is 0 Å². The minimum atomic E-state index is 0.262. The van der Waals surface area contributed by atoms with Gasteiger partial charge in [0, 0.05) is 12.1 Å². The van der Waals surface area contributed by atoms with Gasteiger partial charge in [-0.25, -0.2) is 0 Å². The summed E-state index contributed by atoms with van der Waals surface area (Å²) in [5, 5.41) is 3.53. The van der Waals surface area contributed by atoms with Gasteiger partial charge >= 0.3 is 0 Å². The van der Waals surface area contributed by atoms with Crippen LogP contribution in [-0.4, -0.2) is 13.2 Å². The SMILES string of the molecule is C=CCOc1ccc(CNC2COc3ccccc32)cc1. The number of fused-ring (bicyclic) bond motifs is 1. The second-order valence-corrected chi connectivity index (χ2v) is 5.03. The molecule has 1 heterocycles. The first-order valence-electron chi connectivity index (χ1n) is 7.14. The fourth-order valence-corrected chi connectivity index (χ4v) is 2.43. The van der Waals surface area contributed by atoms with Gasteiger partial charge < -0.3 is 14.8 Å². The van der Waals surface area contributed by atoms with Gasteiger partial charge in [0.25, 0.3) is 0 Å². The number of para-hydroxylation sites is 1. The van der Waals surface area contributed by atoms with E-state index in [1.165, 1.54) is 11.1 Å². The Labute approximate surface area is 125 Å². The normalized spacial score (nSPS) is 16.1. The summed E-state index contributed by atoms with van der Waals surface area (Å²) < 4.78 is 11.1. The van der Waals surface area contributed by atoms with E-state index in [0.29, 0.717) is 13.2 Å². The quantitative estimate of drug-likeness (QED) is 0.822. The molecule has 1 aliphatic heterocycles. The maximum atomic E-state index is 5.67. The van der Waals surface area contributed by atoms with E-state index in [0.717, 1.165) is 18.0 Å². The van der Waals surface area contributed by atoms with Crippen LogP contribution in [0.1, 0.15) is 17.2 Å². The summed E-state index contributed by atoms with van der Waals surface area (Å²) in [5.74, 6) is 1.86. The highest BCUT2D eigenvalue weighted by molar-refractivity contribution is 5.39. The third-order valence-corrected chi connectivity index (χ3v) is 3.54. The first kappa shape index (κ1) is 13.7. The van der Waals surface area contributed by atoms with Gasteiger partial charge in [0.15, 0.2) is 0 Å². The van der Waals surface area contributed by atoms with Gasteiger partial charge in [-0.1, -0.05) is 43.0 Å². The van der Waals surface area contributed by atoms with Crippen LogP contribution in [0.4, 0.5) is 0 Å². The second kappa shape index (κ2) is 6.46. The highest BCUT2D eigenvalue weighted by Gasteiger charge is 2.22. The Kier molecular flexibility index (Phi) is 4.22. The zero-order valence-electron chi connectivity index (χ0n) is 11.9. The van der Waals surface area contributed by atoms with Gasteiger partial charge in [-0.3, -0.25) is 0 Å². The van der Waals surface area contributed by atoms with Crippen molar-refractivity contribution in [3.05, 3.63) is 72.3 Å². The number of ether oxygens (including phenoxy) is 2. The van der Waals surface area contributed by atoms with Crippen molar-refractivity contribution >= 4 is 0 Å². The van der Waals surface area contributed by atoms with Crippen LogP contribution in [-0.2, 0) is 6.54 Å². The summed E-state index contributed by atoms with van der Waals surface area (Å²) in [6.07, 6.45) is 1.74. The molecule has 108 valence electrons. The maximum Gasteiger partial charge on any atom is 0.124 e. The topological polar surface area (TPSA) is 30.5 Å². The van der Waals surface area contributed by atoms with E-state index < -0.39 is 0 Å². The number of hydrogen-bond acceptors (Lipinski definition) is 3. The van der Waals surface area contributed by atoms with E-state index in [-0.39, 0.29) is 6.04 Å². The molecule has 1 N–H and O–H groups in total. The Morgan fingerprint density at radius 3 is 2.81 bits per heavy atom.